The number of nitrogens with one attached hydrogen (secondary N) is 1. The van der Waals surface area contributed by atoms with Gasteiger partial charge in [-0.25, -0.2) is 0 Å². The van der Waals surface area contributed by atoms with Gasteiger partial charge in [-0.2, -0.15) is 0 Å². The summed E-state index contributed by atoms with van der Waals surface area (Å²) in [5.74, 6) is -0.0925. The van der Waals surface area contributed by atoms with Crippen LogP contribution in [0.4, 0.5) is 0 Å². The van der Waals surface area contributed by atoms with E-state index in [0.717, 1.165) is 22.6 Å². The van der Waals surface area contributed by atoms with Crippen molar-refractivity contribution in [2.45, 2.75) is 18.4 Å². The lowest BCUT2D eigenvalue weighted by Crippen LogP contribution is -2.53. The highest BCUT2D eigenvalue weighted by Crippen LogP contribution is 2.23. The SMILES string of the molecule is O=C(NC1(CBr)CCOCC1)c1cncc(Br)c1. The van der Waals surface area contributed by atoms with E-state index in [1.165, 1.54) is 0 Å². The molecular formula is C12H14Br2N2O2. The summed E-state index contributed by atoms with van der Waals surface area (Å²) in [6.45, 7) is 1.37. The van der Waals surface area contributed by atoms with Crippen molar-refractivity contribution in [2.24, 2.45) is 0 Å². The number of aromatic nitrogens is 1. The quantitative estimate of drug-likeness (QED) is 0.823. The molecule has 1 fully saturated rings. The molecule has 6 heteroatoms. The number of rotatable bonds is 3. The fourth-order valence-electron chi connectivity index (χ4n) is 1.90. The Kier molecular flexibility index (Phi) is 4.75. The van der Waals surface area contributed by atoms with Crippen molar-refractivity contribution in [3.05, 3.63) is 28.5 Å². The summed E-state index contributed by atoms with van der Waals surface area (Å²) in [6, 6.07) is 1.77. The van der Waals surface area contributed by atoms with Gasteiger partial charge in [0, 0.05) is 35.4 Å². The van der Waals surface area contributed by atoms with Crippen molar-refractivity contribution >= 4 is 37.8 Å². The highest BCUT2D eigenvalue weighted by Gasteiger charge is 2.33. The Bertz CT molecular complexity index is 434. The van der Waals surface area contributed by atoms with E-state index in [1.54, 1.807) is 18.5 Å². The molecule has 1 N–H and O–H groups in total. The van der Waals surface area contributed by atoms with Gasteiger partial charge in [-0.05, 0) is 34.8 Å². The average Bonchev–Trinajstić information content (AvgIpc) is 2.40. The Labute approximate surface area is 123 Å². The first-order valence-corrected chi connectivity index (χ1v) is 7.63. The van der Waals surface area contributed by atoms with Crippen LogP contribution in [-0.2, 0) is 4.74 Å². The van der Waals surface area contributed by atoms with Gasteiger partial charge in [-0.3, -0.25) is 9.78 Å². The normalized spacial score (nSPS) is 18.3. The Morgan fingerprint density at radius 1 is 1.44 bits per heavy atom. The third kappa shape index (κ3) is 3.30. The average molecular weight is 378 g/mol. The van der Waals surface area contributed by atoms with E-state index in [0.29, 0.717) is 18.8 Å². The molecule has 1 aromatic rings. The minimum atomic E-state index is -0.211. The van der Waals surface area contributed by atoms with Gasteiger partial charge >= 0.3 is 0 Å². The van der Waals surface area contributed by atoms with E-state index in [-0.39, 0.29) is 11.4 Å². The number of halogens is 2. The molecule has 18 heavy (non-hydrogen) atoms. The molecule has 1 aromatic heterocycles. The van der Waals surface area contributed by atoms with Gasteiger partial charge in [-0.1, -0.05) is 15.9 Å². The molecular weight excluding hydrogens is 364 g/mol. The Balaban J connectivity index is 2.10. The first kappa shape index (κ1) is 14.0. The fraction of sp³-hybridized carbons (Fsp3) is 0.500. The van der Waals surface area contributed by atoms with Crippen LogP contribution >= 0.6 is 31.9 Å². The molecule has 4 nitrogen and oxygen atoms in total. The molecule has 0 aliphatic carbocycles. The van der Waals surface area contributed by atoms with Crippen LogP contribution in [0.3, 0.4) is 0 Å². The van der Waals surface area contributed by atoms with Gasteiger partial charge in [0.15, 0.2) is 0 Å². The largest absolute Gasteiger partial charge is 0.381 e. The summed E-state index contributed by atoms with van der Waals surface area (Å²) in [7, 11) is 0. The van der Waals surface area contributed by atoms with Gasteiger partial charge < -0.3 is 10.1 Å². The molecule has 0 unspecified atom stereocenters. The molecule has 0 atom stereocenters. The van der Waals surface area contributed by atoms with Crippen molar-refractivity contribution in [3.63, 3.8) is 0 Å². The fourth-order valence-corrected chi connectivity index (χ4v) is 2.97. The highest BCUT2D eigenvalue weighted by molar-refractivity contribution is 9.10. The van der Waals surface area contributed by atoms with Crippen LogP contribution < -0.4 is 5.32 Å². The number of carbonyl (C=O) groups excluding carboxylic acids is 1. The maximum atomic E-state index is 12.2. The smallest absolute Gasteiger partial charge is 0.253 e. The lowest BCUT2D eigenvalue weighted by atomic mass is 9.92. The standard InChI is InChI=1S/C12H14Br2N2O2/c13-8-12(1-3-18-4-2-12)16-11(17)9-5-10(14)7-15-6-9/h5-7H,1-4,8H2,(H,16,17). The summed E-state index contributed by atoms with van der Waals surface area (Å²) in [5.41, 5.74) is 0.355. The van der Waals surface area contributed by atoms with E-state index >= 15 is 0 Å². The first-order chi connectivity index (χ1) is 8.65. The molecule has 98 valence electrons. The topological polar surface area (TPSA) is 51.2 Å². The molecule has 1 saturated heterocycles. The summed E-state index contributed by atoms with van der Waals surface area (Å²) in [5, 5.41) is 3.83. The third-order valence-corrected chi connectivity index (χ3v) is 4.56. The van der Waals surface area contributed by atoms with E-state index in [4.69, 9.17) is 4.74 Å². The number of hydrogen-bond donors (Lipinski definition) is 1. The van der Waals surface area contributed by atoms with Crippen LogP contribution in [0.1, 0.15) is 23.2 Å². The van der Waals surface area contributed by atoms with Gasteiger partial charge in [0.1, 0.15) is 0 Å². The van der Waals surface area contributed by atoms with Crippen LogP contribution in [0, 0.1) is 0 Å². The van der Waals surface area contributed by atoms with Crippen LogP contribution in [0.5, 0.6) is 0 Å². The number of pyridine rings is 1. The van der Waals surface area contributed by atoms with Crippen molar-refractivity contribution in [2.75, 3.05) is 18.5 Å². The van der Waals surface area contributed by atoms with Crippen LogP contribution in [0.2, 0.25) is 0 Å². The predicted molar refractivity (Wildman–Crippen MR) is 76.0 cm³/mol. The molecule has 0 radical (unpaired) electrons. The summed E-state index contributed by atoms with van der Waals surface area (Å²) in [4.78, 5) is 16.2. The minimum Gasteiger partial charge on any atom is -0.381 e. The van der Waals surface area contributed by atoms with Crippen LogP contribution in [-0.4, -0.2) is 35.0 Å². The van der Waals surface area contributed by atoms with Crippen molar-refractivity contribution in [1.82, 2.24) is 10.3 Å². The monoisotopic (exact) mass is 376 g/mol. The number of carbonyl (C=O) groups is 1. The molecule has 2 heterocycles. The molecule has 1 aliphatic heterocycles. The maximum absolute atomic E-state index is 12.2. The Morgan fingerprint density at radius 2 is 2.17 bits per heavy atom. The molecule has 1 aliphatic rings. The van der Waals surface area contributed by atoms with Crippen LogP contribution in [0.25, 0.3) is 0 Å². The molecule has 0 saturated carbocycles. The van der Waals surface area contributed by atoms with Gasteiger partial charge in [0.2, 0.25) is 0 Å². The second kappa shape index (κ2) is 6.12. The predicted octanol–water partition coefficient (Wildman–Crippen LogP) is 2.52. The number of amides is 1. The van der Waals surface area contributed by atoms with E-state index < -0.39 is 0 Å². The summed E-state index contributed by atoms with van der Waals surface area (Å²) >= 11 is 6.80. The maximum Gasteiger partial charge on any atom is 0.253 e. The number of ether oxygens (including phenoxy) is 1. The highest BCUT2D eigenvalue weighted by atomic mass is 79.9. The molecule has 0 aromatic carbocycles. The number of alkyl halides is 1. The van der Waals surface area contributed by atoms with Crippen molar-refractivity contribution in [3.8, 4) is 0 Å². The zero-order chi connectivity index (χ0) is 13.0. The van der Waals surface area contributed by atoms with Gasteiger partial charge in [-0.15, -0.1) is 0 Å². The number of nitrogens with zero attached hydrogens (tertiary/aromatic N) is 1. The van der Waals surface area contributed by atoms with Crippen molar-refractivity contribution < 1.29 is 9.53 Å². The zero-order valence-electron chi connectivity index (χ0n) is 9.79. The van der Waals surface area contributed by atoms with E-state index in [2.05, 4.69) is 42.2 Å². The Morgan fingerprint density at radius 3 is 2.78 bits per heavy atom. The summed E-state index contributed by atoms with van der Waals surface area (Å²) < 4.78 is 6.14. The van der Waals surface area contributed by atoms with Crippen LogP contribution in [0.15, 0.2) is 22.9 Å². The zero-order valence-corrected chi connectivity index (χ0v) is 13.0. The van der Waals surface area contributed by atoms with E-state index in [1.807, 2.05) is 0 Å². The lowest BCUT2D eigenvalue weighted by molar-refractivity contribution is 0.0442. The molecule has 0 spiro atoms. The summed E-state index contributed by atoms with van der Waals surface area (Å²) in [6.07, 6.45) is 4.88. The first-order valence-electron chi connectivity index (χ1n) is 5.72. The molecule has 2 rings (SSSR count). The second-order valence-electron chi connectivity index (χ2n) is 4.37. The number of hydrogen-bond acceptors (Lipinski definition) is 3. The Hall–Kier alpha value is -0.460. The minimum absolute atomic E-state index is 0.0925. The third-order valence-electron chi connectivity index (χ3n) is 3.05. The van der Waals surface area contributed by atoms with Crippen molar-refractivity contribution in [1.29, 1.82) is 0 Å². The lowest BCUT2D eigenvalue weighted by Gasteiger charge is -2.36. The molecule has 0 bridgehead atoms. The second-order valence-corrected chi connectivity index (χ2v) is 5.85. The van der Waals surface area contributed by atoms with Gasteiger partial charge in [0.05, 0.1) is 11.1 Å². The molecule has 1 amide bonds. The van der Waals surface area contributed by atoms with E-state index in [9.17, 15) is 4.79 Å². The van der Waals surface area contributed by atoms with Gasteiger partial charge in [0.25, 0.3) is 5.91 Å².